The van der Waals surface area contributed by atoms with E-state index in [0.29, 0.717) is 12.9 Å². The molecule has 0 N–H and O–H groups in total. The smallest absolute Gasteiger partial charge is 0.0195 e. The summed E-state index contributed by atoms with van der Waals surface area (Å²) < 4.78 is 0. The van der Waals surface area contributed by atoms with E-state index >= 15 is 0 Å². The van der Waals surface area contributed by atoms with Crippen molar-refractivity contribution in [2.24, 2.45) is 0 Å². The van der Waals surface area contributed by atoms with Gasteiger partial charge in [-0.2, -0.15) is 0 Å². The van der Waals surface area contributed by atoms with Gasteiger partial charge in [-0.15, -0.1) is 0 Å². The molecule has 0 saturated heterocycles. The molecule has 0 radical (unpaired) electrons. The molecule has 0 aliphatic rings. The van der Waals surface area contributed by atoms with E-state index in [1.165, 1.54) is 67.1 Å². The van der Waals surface area contributed by atoms with Crippen molar-refractivity contribution in [1.82, 2.24) is 0 Å². The van der Waals surface area contributed by atoms with Crippen molar-refractivity contribution in [2.75, 3.05) is 24.6 Å². The van der Waals surface area contributed by atoms with Crippen LogP contribution in [0, 0.1) is 0 Å². The summed E-state index contributed by atoms with van der Waals surface area (Å²) in [5.41, 5.74) is 0. The van der Waals surface area contributed by atoms with Crippen LogP contribution < -0.4 is 42.4 Å². The maximum Gasteiger partial charge on any atom is -0.0195 e. The number of benzene rings is 8. The van der Waals surface area contributed by atoms with E-state index in [1.807, 2.05) is 0 Å². The van der Waals surface area contributed by atoms with Crippen LogP contribution in [0.2, 0.25) is 0 Å². The molecule has 8 rings (SSSR count). The Bertz CT molecular complexity index is 1790. The predicted octanol–water partition coefficient (Wildman–Crippen LogP) is 11.9. The van der Waals surface area contributed by atoms with Crippen LogP contribution in [0.5, 0.6) is 0 Å². The fraction of sp³-hybridized carbons (Fsp3) is 0.0769. The maximum absolute atomic E-state index is 4.73. The molecule has 0 saturated carbocycles. The zero-order valence-corrected chi connectivity index (χ0v) is 38.9. The molecule has 8 aromatic carbocycles. The summed E-state index contributed by atoms with van der Waals surface area (Å²) in [6.45, 7) is 0. The first-order valence-electron chi connectivity index (χ1n) is 19.6. The van der Waals surface area contributed by atoms with Gasteiger partial charge in [-0.3, -0.25) is 0 Å². The third kappa shape index (κ3) is 14.3. The first-order valence-corrected chi connectivity index (χ1v) is 28.6. The van der Waals surface area contributed by atoms with Crippen molar-refractivity contribution in [3.05, 3.63) is 243 Å². The van der Waals surface area contributed by atoms with Crippen LogP contribution >= 0.6 is 52.0 Å². The average Bonchev–Trinajstić information content (AvgIpc) is 3.32. The van der Waals surface area contributed by atoms with Gasteiger partial charge in [0, 0.05) is 0 Å². The van der Waals surface area contributed by atoms with Gasteiger partial charge in [0.15, 0.2) is 0 Å². The SMILES string of the molecule is [Cl][Co][Cl].c1ccc(P(CCP(c2ccccc2)c2ccccc2)c2ccccc2)cc1.c1ccc(P(CCP(c2ccccc2)c2ccccc2)c2ccccc2)cc1. The molecule has 0 spiro atoms. The van der Waals surface area contributed by atoms with Crippen molar-refractivity contribution in [3.63, 3.8) is 0 Å². The van der Waals surface area contributed by atoms with Crippen LogP contribution in [-0.4, -0.2) is 24.6 Å². The van der Waals surface area contributed by atoms with E-state index in [-0.39, 0.29) is 31.7 Å². The summed E-state index contributed by atoms with van der Waals surface area (Å²) >= 11 is 0.382. The van der Waals surface area contributed by atoms with Crippen LogP contribution in [0.3, 0.4) is 0 Å². The number of hydrogen-bond acceptors (Lipinski definition) is 0. The Kier molecular flexibility index (Phi) is 19.9. The Morgan fingerprint density at radius 2 is 0.322 bits per heavy atom. The summed E-state index contributed by atoms with van der Waals surface area (Å²) in [5, 5.41) is 11.8. The maximum atomic E-state index is 4.73. The minimum absolute atomic E-state index is 0.348. The molecular weight excluding hydrogens is 878 g/mol. The molecule has 59 heavy (non-hydrogen) atoms. The Labute approximate surface area is 372 Å². The van der Waals surface area contributed by atoms with Crippen LogP contribution in [0.25, 0.3) is 0 Å². The minimum Gasteiger partial charge on any atom is -0.0622 e. The number of rotatable bonds is 14. The monoisotopic (exact) mass is 925 g/mol. The van der Waals surface area contributed by atoms with Crippen LogP contribution in [0.4, 0.5) is 0 Å². The first-order chi connectivity index (χ1) is 29.2. The topological polar surface area (TPSA) is 0 Å². The van der Waals surface area contributed by atoms with Gasteiger partial charge in [-0.25, -0.2) is 0 Å². The van der Waals surface area contributed by atoms with Crippen molar-refractivity contribution >= 4 is 94.4 Å². The molecule has 7 heteroatoms. The van der Waals surface area contributed by atoms with Crippen molar-refractivity contribution in [1.29, 1.82) is 0 Å². The molecule has 0 heterocycles. The third-order valence-corrected chi connectivity index (χ3v) is 20.4. The van der Waals surface area contributed by atoms with Gasteiger partial charge in [-0.05, 0) is 98.8 Å². The summed E-state index contributed by atoms with van der Waals surface area (Å²) in [5.74, 6) is 0. The van der Waals surface area contributed by atoms with Gasteiger partial charge >= 0.3 is 33.2 Å². The molecule has 0 aromatic heterocycles. The molecule has 0 amide bonds. The minimum atomic E-state index is -0.348. The molecule has 0 aliphatic heterocycles. The Morgan fingerprint density at radius 3 is 0.424 bits per heavy atom. The molecule has 0 bridgehead atoms. The van der Waals surface area contributed by atoms with Gasteiger partial charge in [-0.1, -0.05) is 243 Å². The average molecular weight is 927 g/mol. The number of hydrogen-bond donors (Lipinski definition) is 0. The summed E-state index contributed by atoms with van der Waals surface area (Å²) in [4.78, 5) is 0. The largest absolute Gasteiger partial charge is 0.0622 e. The van der Waals surface area contributed by atoms with Crippen molar-refractivity contribution in [3.8, 4) is 0 Å². The zero-order valence-electron chi connectivity index (χ0n) is 32.8. The molecular formula is C52H48Cl2CoP4. The Hall–Kier alpha value is -3.43. The van der Waals surface area contributed by atoms with E-state index < -0.39 is 0 Å². The second kappa shape index (κ2) is 26.0. The van der Waals surface area contributed by atoms with Crippen molar-refractivity contribution < 1.29 is 12.9 Å². The Morgan fingerprint density at radius 1 is 0.220 bits per heavy atom. The molecule has 299 valence electrons. The summed E-state index contributed by atoms with van der Waals surface area (Å²) in [6.07, 6.45) is 4.83. The predicted molar refractivity (Wildman–Crippen MR) is 267 cm³/mol. The van der Waals surface area contributed by atoms with E-state index in [9.17, 15) is 0 Å². The fourth-order valence-electron chi connectivity index (χ4n) is 6.89. The van der Waals surface area contributed by atoms with E-state index in [4.69, 9.17) is 20.3 Å². The van der Waals surface area contributed by atoms with E-state index in [0.717, 1.165) is 0 Å². The van der Waals surface area contributed by atoms with E-state index in [1.54, 1.807) is 0 Å². The fourth-order valence-corrected chi connectivity index (χ4v) is 17.6. The standard InChI is InChI=1S/2C26H24P2.2ClH.Co/c2*1-5-13-23(14-6-1)27(24-15-7-2-8-16-24)21-22-28(25-17-9-3-10-18-25)26-19-11-4-12-20-26;;;/h2*1-20H,21-22H2;2*1H;/q;;;;+2/p-2. The van der Waals surface area contributed by atoms with Crippen LogP contribution in [0.1, 0.15) is 0 Å². The molecule has 0 nitrogen and oxygen atoms in total. The third-order valence-electron chi connectivity index (χ3n) is 9.64. The van der Waals surface area contributed by atoms with Gasteiger partial charge in [0.1, 0.15) is 0 Å². The summed E-state index contributed by atoms with van der Waals surface area (Å²) in [7, 11) is 8.07. The van der Waals surface area contributed by atoms with Gasteiger partial charge < -0.3 is 0 Å². The second-order valence-corrected chi connectivity index (χ2v) is 24.4. The Balaban J connectivity index is 0.000000186. The van der Waals surface area contributed by atoms with Crippen molar-refractivity contribution in [2.45, 2.75) is 0 Å². The van der Waals surface area contributed by atoms with Gasteiger partial charge in [0.25, 0.3) is 0 Å². The molecule has 0 unspecified atom stereocenters. The number of halogens is 2. The molecule has 0 fully saturated rings. The second-order valence-electron chi connectivity index (χ2n) is 13.3. The zero-order chi connectivity index (χ0) is 40.7. The molecule has 8 aromatic rings. The van der Waals surface area contributed by atoms with Crippen LogP contribution in [0.15, 0.2) is 243 Å². The molecule has 0 aliphatic carbocycles. The quantitative estimate of drug-likeness (QED) is 0.0954. The van der Waals surface area contributed by atoms with Gasteiger partial charge in [0.05, 0.1) is 0 Å². The summed E-state index contributed by atoms with van der Waals surface area (Å²) in [6, 6.07) is 88.4. The van der Waals surface area contributed by atoms with Gasteiger partial charge in [0.2, 0.25) is 0 Å². The first kappa shape index (κ1) is 45.1. The molecule has 0 atom stereocenters. The van der Waals surface area contributed by atoms with E-state index in [2.05, 4.69) is 243 Å². The normalized spacial score (nSPS) is 10.9. The van der Waals surface area contributed by atoms with Crippen LogP contribution in [-0.2, 0) is 12.9 Å².